The third-order valence-electron chi connectivity index (χ3n) is 5.10. The van der Waals surface area contributed by atoms with Crippen molar-refractivity contribution in [1.82, 2.24) is 0 Å². The summed E-state index contributed by atoms with van der Waals surface area (Å²) in [5.74, 6) is -0.638. The van der Waals surface area contributed by atoms with Gasteiger partial charge in [-0.05, 0) is 123 Å². The van der Waals surface area contributed by atoms with Crippen molar-refractivity contribution >= 4 is 87.1 Å². The molecule has 0 fully saturated rings. The maximum Gasteiger partial charge on any atom is 0.348 e. The first-order valence-electron chi connectivity index (χ1n) is 9.84. The Balaban J connectivity index is 1.96. The fourth-order valence-electron chi connectivity index (χ4n) is 3.48. The molecule has 0 radical (unpaired) electrons. The van der Waals surface area contributed by atoms with Crippen LogP contribution in [0.5, 0.6) is 17.2 Å². The van der Waals surface area contributed by atoms with E-state index >= 15 is 0 Å². The van der Waals surface area contributed by atoms with Crippen LogP contribution in [0.25, 0.3) is 11.6 Å². The first-order valence-corrected chi connectivity index (χ1v) is 13.0. The summed E-state index contributed by atoms with van der Waals surface area (Å²) in [7, 11) is 1.53. The Bertz CT molecular complexity index is 1440. The van der Waals surface area contributed by atoms with E-state index in [-0.39, 0.29) is 34.0 Å². The molecule has 10 heteroatoms. The van der Waals surface area contributed by atoms with E-state index in [1.807, 2.05) is 0 Å². The largest absolute Gasteiger partial charge is 0.507 e. The maximum absolute atomic E-state index is 13.5. The molecule has 35 heavy (non-hydrogen) atoms. The van der Waals surface area contributed by atoms with Gasteiger partial charge in [0, 0.05) is 11.1 Å². The zero-order chi connectivity index (χ0) is 25.4. The summed E-state index contributed by atoms with van der Waals surface area (Å²) in [6.07, 6.45) is 1.61. The van der Waals surface area contributed by atoms with E-state index < -0.39 is 11.8 Å². The lowest BCUT2D eigenvalue weighted by atomic mass is 9.93. The van der Waals surface area contributed by atoms with Crippen LogP contribution in [-0.2, 0) is 9.53 Å². The van der Waals surface area contributed by atoms with Crippen LogP contribution >= 0.6 is 63.7 Å². The second kappa shape index (κ2) is 10.3. The number of benzene rings is 3. The van der Waals surface area contributed by atoms with Gasteiger partial charge >= 0.3 is 5.97 Å². The summed E-state index contributed by atoms with van der Waals surface area (Å²) in [6.45, 7) is 0. The van der Waals surface area contributed by atoms with Gasteiger partial charge in [0.05, 0.1) is 25.0 Å². The van der Waals surface area contributed by atoms with Crippen molar-refractivity contribution in [2.75, 3.05) is 7.11 Å². The number of aromatic hydroxyl groups is 2. The third-order valence-corrected chi connectivity index (χ3v) is 7.55. The topological polar surface area (TPSA) is 93.1 Å². The number of Topliss-reactive ketones (excluding diaryl/α,β-unsaturated/α-hetero) is 1. The molecule has 0 amide bonds. The molecule has 1 heterocycles. The van der Waals surface area contributed by atoms with Crippen LogP contribution in [0.3, 0.4) is 0 Å². The van der Waals surface area contributed by atoms with E-state index in [0.29, 0.717) is 34.8 Å². The van der Waals surface area contributed by atoms with Crippen molar-refractivity contribution in [2.24, 2.45) is 0 Å². The second-order valence-corrected chi connectivity index (χ2v) is 10.7. The maximum atomic E-state index is 13.5. The number of carbonyl (C=O) groups excluding carboxylic acids is 2. The van der Waals surface area contributed by atoms with Crippen molar-refractivity contribution in [3.8, 4) is 17.2 Å². The average Bonchev–Trinajstić information content (AvgIpc) is 3.12. The van der Waals surface area contributed by atoms with Gasteiger partial charge in [-0.1, -0.05) is 6.07 Å². The molecule has 4 rings (SSSR count). The summed E-state index contributed by atoms with van der Waals surface area (Å²) < 4.78 is 12.9. The molecule has 178 valence electrons. The van der Waals surface area contributed by atoms with Gasteiger partial charge in [-0.25, -0.2) is 4.79 Å². The summed E-state index contributed by atoms with van der Waals surface area (Å²) in [5.41, 5.74) is 1.48. The first-order chi connectivity index (χ1) is 16.6. The zero-order valence-corrected chi connectivity index (χ0v) is 24.1. The number of phenolic OH excluding ortho intramolecular Hbond substituents is 2. The van der Waals surface area contributed by atoms with Crippen molar-refractivity contribution in [3.63, 3.8) is 0 Å². The molecule has 0 saturated heterocycles. The third kappa shape index (κ3) is 5.11. The number of hydrogen-bond donors (Lipinski definition) is 2. The molecule has 0 bridgehead atoms. The Morgan fingerprint density at radius 2 is 1.49 bits per heavy atom. The predicted molar refractivity (Wildman–Crippen MR) is 145 cm³/mol. The van der Waals surface area contributed by atoms with E-state index in [2.05, 4.69) is 63.7 Å². The van der Waals surface area contributed by atoms with Gasteiger partial charge in [-0.3, -0.25) is 4.79 Å². The number of halogens is 4. The predicted octanol–water partition coefficient (Wildman–Crippen LogP) is 7.39. The van der Waals surface area contributed by atoms with E-state index in [1.54, 1.807) is 30.3 Å². The Morgan fingerprint density at radius 3 is 2.06 bits per heavy atom. The number of carbonyl (C=O) groups is 2. The molecule has 0 aliphatic carbocycles. The van der Waals surface area contributed by atoms with Crippen LogP contribution in [0.15, 0.2) is 77.8 Å². The summed E-state index contributed by atoms with van der Waals surface area (Å²) in [5, 5.41) is 19.6. The molecule has 0 unspecified atom stereocenters. The molecule has 6 nitrogen and oxygen atoms in total. The number of hydrogen-bond acceptors (Lipinski definition) is 6. The fraction of sp³-hybridized carbons (Fsp3) is 0.0400. The quantitative estimate of drug-likeness (QED) is 0.162. The van der Waals surface area contributed by atoms with Crippen molar-refractivity contribution in [1.29, 1.82) is 0 Å². The molecule has 0 atom stereocenters. The fourth-order valence-corrected chi connectivity index (χ4v) is 5.76. The van der Waals surface area contributed by atoms with Gasteiger partial charge < -0.3 is 19.7 Å². The highest BCUT2D eigenvalue weighted by Crippen LogP contribution is 2.43. The molecule has 0 spiro atoms. The number of rotatable bonds is 5. The minimum absolute atomic E-state index is 0.0359. The number of ketones is 1. The van der Waals surface area contributed by atoms with E-state index in [9.17, 15) is 19.8 Å². The van der Waals surface area contributed by atoms with Crippen molar-refractivity contribution in [2.45, 2.75) is 0 Å². The number of methoxy groups -OCH3 is 1. The first kappa shape index (κ1) is 25.7. The van der Waals surface area contributed by atoms with Gasteiger partial charge in [0.15, 0.2) is 0 Å². The highest BCUT2D eigenvalue weighted by atomic mass is 79.9. The van der Waals surface area contributed by atoms with Crippen LogP contribution in [0.2, 0.25) is 0 Å². The minimum Gasteiger partial charge on any atom is -0.507 e. The summed E-state index contributed by atoms with van der Waals surface area (Å²) in [4.78, 5) is 26.6. The van der Waals surface area contributed by atoms with Gasteiger partial charge in [0.25, 0.3) is 0 Å². The Labute approximate surface area is 233 Å². The van der Waals surface area contributed by atoms with Gasteiger partial charge in [0.2, 0.25) is 5.78 Å². The zero-order valence-electron chi connectivity index (χ0n) is 17.7. The minimum atomic E-state index is -0.804. The average molecular weight is 730 g/mol. The Hall–Kier alpha value is -2.40. The molecule has 3 aromatic rings. The highest BCUT2D eigenvalue weighted by molar-refractivity contribution is 9.11. The number of phenols is 2. The standard InChI is InChI=1S/C25H14Br4O6/c1-34-24-16(28)9-13(10-17(24)29)21-20(7-11-2-4-18(30)14(26)6-11)35-25(33)22(21)23(32)12-3-5-19(31)15(27)8-12/h2-10,30-31H,1H3/b20-7-. The normalized spacial score (nSPS) is 14.4. The van der Waals surface area contributed by atoms with Crippen LogP contribution < -0.4 is 4.74 Å². The van der Waals surface area contributed by atoms with Gasteiger partial charge in [-0.15, -0.1) is 0 Å². The summed E-state index contributed by atoms with van der Waals surface area (Å²) in [6, 6.07) is 12.5. The lowest BCUT2D eigenvalue weighted by molar-refractivity contribution is -0.132. The highest BCUT2D eigenvalue weighted by Gasteiger charge is 2.36. The van der Waals surface area contributed by atoms with Crippen molar-refractivity contribution < 1.29 is 29.3 Å². The number of ether oxygens (including phenoxy) is 2. The van der Waals surface area contributed by atoms with Crippen LogP contribution in [0.1, 0.15) is 21.5 Å². The van der Waals surface area contributed by atoms with Gasteiger partial charge in [-0.2, -0.15) is 0 Å². The van der Waals surface area contributed by atoms with E-state index in [4.69, 9.17) is 9.47 Å². The monoisotopic (exact) mass is 726 g/mol. The molecular weight excluding hydrogens is 716 g/mol. The van der Waals surface area contributed by atoms with Gasteiger partial charge in [0.1, 0.15) is 28.6 Å². The Morgan fingerprint density at radius 1 is 0.886 bits per heavy atom. The lowest BCUT2D eigenvalue weighted by Crippen LogP contribution is -2.11. The van der Waals surface area contributed by atoms with E-state index in [0.717, 1.165) is 0 Å². The number of allylic oxidation sites excluding steroid dienone is 1. The molecule has 0 saturated carbocycles. The van der Waals surface area contributed by atoms with Crippen molar-refractivity contribution in [3.05, 3.63) is 94.4 Å². The SMILES string of the molecule is COc1c(Br)cc(C2=C(C(=O)c3ccc(O)c(Br)c3)C(=O)O/C2=C\c2ccc(O)c(Br)c2)cc1Br. The number of cyclic esters (lactones) is 1. The lowest BCUT2D eigenvalue weighted by Gasteiger charge is -2.12. The summed E-state index contributed by atoms with van der Waals surface area (Å²) >= 11 is 13.4. The van der Waals surface area contributed by atoms with Crippen LogP contribution in [0, 0.1) is 0 Å². The van der Waals surface area contributed by atoms with Crippen LogP contribution in [0.4, 0.5) is 0 Å². The molecule has 2 N–H and O–H groups in total. The molecule has 3 aromatic carbocycles. The Kier molecular flexibility index (Phi) is 7.56. The van der Waals surface area contributed by atoms with Crippen LogP contribution in [-0.4, -0.2) is 29.1 Å². The van der Waals surface area contributed by atoms with E-state index in [1.165, 1.54) is 31.4 Å². The second-order valence-electron chi connectivity index (χ2n) is 7.33. The smallest absolute Gasteiger partial charge is 0.348 e. The number of esters is 1. The molecule has 0 aromatic heterocycles. The molecule has 1 aliphatic heterocycles. The molecular formula is C25H14Br4O6. The molecule has 1 aliphatic rings.